The minimum Gasteiger partial charge on any atom is -0.481 e. The van der Waals surface area contributed by atoms with Crippen LogP contribution < -0.4 is 0 Å². The summed E-state index contributed by atoms with van der Waals surface area (Å²) >= 11 is 0. The maximum absolute atomic E-state index is 12.5. The molecule has 1 fully saturated rings. The Morgan fingerprint density at radius 1 is 1.27 bits per heavy atom. The van der Waals surface area contributed by atoms with E-state index in [1.807, 2.05) is 22.9 Å². The van der Waals surface area contributed by atoms with E-state index in [9.17, 15) is 9.59 Å². The zero-order valence-corrected chi connectivity index (χ0v) is 12.2. The molecule has 1 aromatic carbocycles. The third kappa shape index (κ3) is 2.47. The van der Waals surface area contributed by atoms with Gasteiger partial charge in [0.05, 0.1) is 12.2 Å². The maximum atomic E-state index is 12.5. The van der Waals surface area contributed by atoms with E-state index in [0.717, 1.165) is 5.69 Å². The molecule has 2 unspecified atom stereocenters. The number of aromatic nitrogens is 2. The number of amides is 1. The van der Waals surface area contributed by atoms with Gasteiger partial charge in [-0.2, -0.15) is 0 Å². The van der Waals surface area contributed by atoms with Gasteiger partial charge >= 0.3 is 5.97 Å². The van der Waals surface area contributed by atoms with Crippen molar-refractivity contribution >= 4 is 11.9 Å². The highest BCUT2D eigenvalue weighted by atomic mass is 16.4. The van der Waals surface area contributed by atoms with E-state index >= 15 is 0 Å². The summed E-state index contributed by atoms with van der Waals surface area (Å²) in [6, 6.07) is 6.95. The molecule has 1 aliphatic heterocycles. The normalized spacial score (nSPS) is 21.0. The first-order chi connectivity index (χ1) is 10.6. The lowest BCUT2D eigenvalue weighted by atomic mass is 10.0. The molecule has 6 heteroatoms. The van der Waals surface area contributed by atoms with Crippen LogP contribution in [-0.4, -0.2) is 44.0 Å². The van der Waals surface area contributed by atoms with Crippen LogP contribution in [0.25, 0.3) is 5.69 Å². The molecule has 0 radical (unpaired) electrons. The van der Waals surface area contributed by atoms with Crippen LogP contribution in [0.5, 0.6) is 0 Å². The fourth-order valence-electron chi connectivity index (χ4n) is 2.91. The fraction of sp³-hybridized carbons (Fsp3) is 0.312. The molecule has 1 aliphatic rings. The summed E-state index contributed by atoms with van der Waals surface area (Å²) in [7, 11) is 0. The van der Waals surface area contributed by atoms with Gasteiger partial charge in [0, 0.05) is 36.2 Å². The molecule has 1 amide bonds. The summed E-state index contributed by atoms with van der Waals surface area (Å²) in [6.07, 6.45) is 5.72. The molecule has 0 bridgehead atoms. The second-order valence-electron chi connectivity index (χ2n) is 5.49. The molecule has 22 heavy (non-hydrogen) atoms. The highest BCUT2D eigenvalue weighted by Crippen LogP contribution is 2.26. The van der Waals surface area contributed by atoms with E-state index in [0.29, 0.717) is 18.5 Å². The van der Waals surface area contributed by atoms with Gasteiger partial charge in [0.25, 0.3) is 5.91 Å². The second-order valence-corrected chi connectivity index (χ2v) is 5.49. The molecule has 1 aromatic heterocycles. The maximum Gasteiger partial charge on any atom is 0.308 e. The van der Waals surface area contributed by atoms with Gasteiger partial charge in [-0.05, 0) is 37.6 Å². The molecule has 3 rings (SSSR count). The van der Waals surface area contributed by atoms with Crippen LogP contribution in [0.15, 0.2) is 43.0 Å². The number of hydrogen-bond acceptors (Lipinski definition) is 3. The molecule has 0 aliphatic carbocycles. The Kier molecular flexibility index (Phi) is 3.66. The lowest BCUT2D eigenvalue weighted by Crippen LogP contribution is -2.37. The van der Waals surface area contributed by atoms with E-state index in [2.05, 4.69) is 4.98 Å². The van der Waals surface area contributed by atoms with Crippen LogP contribution in [0.3, 0.4) is 0 Å². The van der Waals surface area contributed by atoms with Crippen molar-refractivity contribution in [2.45, 2.75) is 19.4 Å². The molecule has 0 spiro atoms. The standard InChI is InChI=1S/C16H17N3O3/c1-11-14(16(21)22)6-8-19(11)15(20)12-2-4-13(5-3-12)18-9-7-17-10-18/h2-5,7,9-11,14H,6,8H2,1H3,(H,21,22). The summed E-state index contributed by atoms with van der Waals surface area (Å²) < 4.78 is 1.85. The average molecular weight is 299 g/mol. The van der Waals surface area contributed by atoms with Gasteiger partial charge in [0.15, 0.2) is 0 Å². The third-order valence-electron chi connectivity index (χ3n) is 4.25. The van der Waals surface area contributed by atoms with Crippen molar-refractivity contribution in [2.75, 3.05) is 6.54 Å². The van der Waals surface area contributed by atoms with Crippen molar-refractivity contribution in [1.82, 2.24) is 14.5 Å². The monoisotopic (exact) mass is 299 g/mol. The van der Waals surface area contributed by atoms with Gasteiger partial charge in [-0.25, -0.2) is 4.98 Å². The second kappa shape index (κ2) is 5.63. The minimum atomic E-state index is -0.835. The SMILES string of the molecule is CC1C(C(=O)O)CCN1C(=O)c1ccc(-n2ccnc2)cc1. The van der Waals surface area contributed by atoms with Crippen molar-refractivity contribution in [3.8, 4) is 5.69 Å². The van der Waals surface area contributed by atoms with Gasteiger partial charge in [-0.1, -0.05) is 0 Å². The predicted octanol–water partition coefficient (Wildman–Crippen LogP) is 1.81. The molecular weight excluding hydrogens is 282 g/mol. The number of carboxylic acids is 1. The van der Waals surface area contributed by atoms with Crippen LogP contribution >= 0.6 is 0 Å². The van der Waals surface area contributed by atoms with Gasteiger partial charge in [0.2, 0.25) is 0 Å². The largest absolute Gasteiger partial charge is 0.481 e. The highest BCUT2D eigenvalue weighted by molar-refractivity contribution is 5.95. The molecule has 2 heterocycles. The Morgan fingerprint density at radius 3 is 2.55 bits per heavy atom. The molecular formula is C16H17N3O3. The van der Waals surface area contributed by atoms with Crippen LogP contribution in [0.1, 0.15) is 23.7 Å². The van der Waals surface area contributed by atoms with Crippen molar-refractivity contribution in [3.05, 3.63) is 48.5 Å². The van der Waals surface area contributed by atoms with Crippen molar-refractivity contribution < 1.29 is 14.7 Å². The number of rotatable bonds is 3. The van der Waals surface area contributed by atoms with Gasteiger partial charge in [-0.15, -0.1) is 0 Å². The van der Waals surface area contributed by atoms with Crippen LogP contribution in [0.4, 0.5) is 0 Å². The molecule has 114 valence electrons. The van der Waals surface area contributed by atoms with Crippen LogP contribution in [0, 0.1) is 5.92 Å². The minimum absolute atomic E-state index is 0.117. The smallest absolute Gasteiger partial charge is 0.308 e. The number of aliphatic carboxylic acids is 1. The first kappa shape index (κ1) is 14.3. The summed E-state index contributed by atoms with van der Waals surface area (Å²) in [5.74, 6) is -1.43. The van der Waals surface area contributed by atoms with Gasteiger partial charge < -0.3 is 14.6 Å². The number of hydrogen-bond donors (Lipinski definition) is 1. The lowest BCUT2D eigenvalue weighted by Gasteiger charge is -2.23. The fourth-order valence-corrected chi connectivity index (χ4v) is 2.91. The van der Waals surface area contributed by atoms with Crippen LogP contribution in [-0.2, 0) is 4.79 Å². The number of carbonyl (C=O) groups is 2. The zero-order valence-electron chi connectivity index (χ0n) is 12.2. The zero-order chi connectivity index (χ0) is 15.7. The number of imidazole rings is 1. The number of benzene rings is 1. The Morgan fingerprint density at radius 2 is 2.00 bits per heavy atom. The average Bonchev–Trinajstić information content (AvgIpc) is 3.16. The summed E-state index contributed by atoms with van der Waals surface area (Å²) in [6.45, 7) is 2.28. The number of nitrogens with zero attached hydrogens (tertiary/aromatic N) is 3. The van der Waals surface area contributed by atoms with Gasteiger partial charge in [0.1, 0.15) is 0 Å². The van der Waals surface area contributed by atoms with E-state index in [-0.39, 0.29) is 11.9 Å². The first-order valence-corrected chi connectivity index (χ1v) is 7.20. The molecule has 1 N–H and O–H groups in total. The van der Waals surface area contributed by atoms with E-state index in [4.69, 9.17) is 5.11 Å². The van der Waals surface area contributed by atoms with E-state index in [1.54, 1.807) is 36.5 Å². The van der Waals surface area contributed by atoms with Crippen molar-refractivity contribution in [1.29, 1.82) is 0 Å². The quantitative estimate of drug-likeness (QED) is 0.938. The number of carbonyl (C=O) groups excluding carboxylic acids is 1. The Labute approximate surface area is 128 Å². The molecule has 2 atom stereocenters. The Balaban J connectivity index is 1.77. The van der Waals surface area contributed by atoms with E-state index in [1.165, 1.54) is 0 Å². The summed E-state index contributed by atoms with van der Waals surface area (Å²) in [4.78, 5) is 29.3. The van der Waals surface area contributed by atoms with Gasteiger partial charge in [-0.3, -0.25) is 9.59 Å². The number of likely N-dealkylation sites (tertiary alicyclic amines) is 1. The summed E-state index contributed by atoms with van der Waals surface area (Å²) in [5, 5.41) is 9.15. The molecule has 1 saturated heterocycles. The van der Waals surface area contributed by atoms with Crippen LogP contribution in [0.2, 0.25) is 0 Å². The number of carboxylic acid groups (broad SMARTS) is 1. The Hall–Kier alpha value is -2.63. The molecule has 0 saturated carbocycles. The summed E-state index contributed by atoms with van der Waals surface area (Å²) in [5.41, 5.74) is 1.49. The lowest BCUT2D eigenvalue weighted by molar-refractivity contribution is -0.142. The first-order valence-electron chi connectivity index (χ1n) is 7.20. The van der Waals surface area contributed by atoms with Crippen molar-refractivity contribution in [3.63, 3.8) is 0 Å². The highest BCUT2D eigenvalue weighted by Gasteiger charge is 2.38. The Bertz CT molecular complexity index is 679. The van der Waals surface area contributed by atoms with E-state index < -0.39 is 11.9 Å². The van der Waals surface area contributed by atoms with Crippen molar-refractivity contribution in [2.24, 2.45) is 5.92 Å². The predicted molar refractivity (Wildman–Crippen MR) is 79.8 cm³/mol. The molecule has 2 aromatic rings. The molecule has 6 nitrogen and oxygen atoms in total. The third-order valence-corrected chi connectivity index (χ3v) is 4.25. The topological polar surface area (TPSA) is 75.4 Å².